The average molecular weight is 342 g/mol. The van der Waals surface area contributed by atoms with E-state index in [1.54, 1.807) is 30.5 Å². The maximum Gasteiger partial charge on any atom is 0.277 e. The number of carbonyl (C=O) groups is 1. The number of nitrogens with one attached hydrogen (secondary N) is 1. The first-order valence-electron chi connectivity index (χ1n) is 7.38. The summed E-state index contributed by atoms with van der Waals surface area (Å²) in [6.07, 6.45) is 3.58. The predicted octanol–water partition coefficient (Wildman–Crippen LogP) is 3.36. The van der Waals surface area contributed by atoms with Crippen LogP contribution in [0, 0.1) is 0 Å². The highest BCUT2D eigenvalue weighted by atomic mass is 35.5. The van der Waals surface area contributed by atoms with Crippen LogP contribution in [0.15, 0.2) is 59.8 Å². The fourth-order valence-corrected chi connectivity index (χ4v) is 2.58. The van der Waals surface area contributed by atoms with E-state index in [1.165, 1.54) is 0 Å². The zero-order valence-electron chi connectivity index (χ0n) is 13.1. The van der Waals surface area contributed by atoms with Crippen molar-refractivity contribution in [1.82, 2.24) is 9.99 Å². The third-order valence-electron chi connectivity index (χ3n) is 3.52. The average Bonchev–Trinajstić information content (AvgIpc) is 2.91. The van der Waals surface area contributed by atoms with Crippen LogP contribution in [0.25, 0.3) is 10.9 Å². The van der Waals surface area contributed by atoms with E-state index in [1.807, 2.05) is 42.1 Å². The number of benzene rings is 2. The molecule has 0 aliphatic rings. The van der Waals surface area contributed by atoms with Crippen molar-refractivity contribution in [2.75, 3.05) is 6.61 Å². The van der Waals surface area contributed by atoms with Crippen LogP contribution >= 0.6 is 11.6 Å². The number of carbonyl (C=O) groups excluding carboxylic acids is 1. The van der Waals surface area contributed by atoms with Crippen molar-refractivity contribution in [3.05, 3.63) is 65.3 Å². The van der Waals surface area contributed by atoms with Crippen LogP contribution in [0.2, 0.25) is 5.02 Å². The molecule has 3 aromatic rings. The van der Waals surface area contributed by atoms with E-state index in [4.69, 9.17) is 16.3 Å². The zero-order valence-corrected chi connectivity index (χ0v) is 13.8. The molecule has 3 rings (SSSR count). The van der Waals surface area contributed by atoms with Gasteiger partial charge in [0.05, 0.1) is 11.2 Å². The summed E-state index contributed by atoms with van der Waals surface area (Å²) < 4.78 is 7.37. The normalized spacial score (nSPS) is 11.1. The molecular formula is C18H16ClN3O2. The minimum atomic E-state index is -0.355. The first-order valence-corrected chi connectivity index (χ1v) is 7.76. The number of aryl methyl sites for hydroxylation is 1. The summed E-state index contributed by atoms with van der Waals surface area (Å²) in [4.78, 5) is 11.8. The van der Waals surface area contributed by atoms with Gasteiger partial charge in [0, 0.05) is 29.7 Å². The van der Waals surface area contributed by atoms with Gasteiger partial charge in [-0.25, -0.2) is 5.43 Å². The van der Waals surface area contributed by atoms with Gasteiger partial charge in [0.15, 0.2) is 6.61 Å². The minimum Gasteiger partial charge on any atom is -0.482 e. The van der Waals surface area contributed by atoms with Crippen molar-refractivity contribution < 1.29 is 9.53 Å². The molecule has 0 aliphatic carbocycles. The van der Waals surface area contributed by atoms with Gasteiger partial charge in [-0.15, -0.1) is 0 Å². The third kappa shape index (κ3) is 3.58. The minimum absolute atomic E-state index is 0.156. The van der Waals surface area contributed by atoms with Crippen molar-refractivity contribution in [2.45, 2.75) is 0 Å². The van der Waals surface area contributed by atoms with E-state index in [2.05, 4.69) is 10.5 Å². The molecule has 0 saturated carbocycles. The monoisotopic (exact) mass is 341 g/mol. The first kappa shape index (κ1) is 16.1. The van der Waals surface area contributed by atoms with E-state index in [0.29, 0.717) is 10.8 Å². The van der Waals surface area contributed by atoms with Crippen molar-refractivity contribution in [3.8, 4) is 5.75 Å². The highest BCUT2D eigenvalue weighted by Gasteiger charge is 2.05. The van der Waals surface area contributed by atoms with Crippen LogP contribution in [0.1, 0.15) is 5.56 Å². The highest BCUT2D eigenvalue weighted by Crippen LogP contribution is 2.22. The summed E-state index contributed by atoms with van der Waals surface area (Å²) in [5.74, 6) is 0.110. The summed E-state index contributed by atoms with van der Waals surface area (Å²) >= 11 is 5.96. The SMILES string of the molecule is Cn1cc(/C=N/NC(=O)COc2ccccc2Cl)c2ccccc21. The predicted molar refractivity (Wildman–Crippen MR) is 95.6 cm³/mol. The number of halogens is 1. The summed E-state index contributed by atoms with van der Waals surface area (Å²) in [7, 11) is 1.97. The molecule has 0 spiro atoms. The van der Waals surface area contributed by atoms with Gasteiger partial charge in [-0.1, -0.05) is 41.9 Å². The first-order chi connectivity index (χ1) is 11.6. The Labute approximate surface area is 144 Å². The van der Waals surface area contributed by atoms with Crippen LogP contribution in [-0.2, 0) is 11.8 Å². The number of ether oxygens (including phenoxy) is 1. The van der Waals surface area contributed by atoms with Gasteiger partial charge in [-0.3, -0.25) is 4.79 Å². The second kappa shape index (κ2) is 7.19. The second-order valence-electron chi connectivity index (χ2n) is 5.22. The molecule has 0 radical (unpaired) electrons. The van der Waals surface area contributed by atoms with Crippen LogP contribution in [-0.4, -0.2) is 23.3 Å². The lowest BCUT2D eigenvalue weighted by atomic mass is 10.2. The van der Waals surface area contributed by atoms with Crippen LogP contribution in [0.5, 0.6) is 5.75 Å². The molecule has 0 saturated heterocycles. The van der Waals surface area contributed by atoms with Gasteiger partial charge in [-0.05, 0) is 18.2 Å². The van der Waals surface area contributed by atoms with Gasteiger partial charge >= 0.3 is 0 Å². The maximum atomic E-state index is 11.8. The number of hydrogen-bond donors (Lipinski definition) is 1. The van der Waals surface area contributed by atoms with E-state index in [-0.39, 0.29) is 12.5 Å². The Morgan fingerprint density at radius 1 is 1.25 bits per heavy atom. The summed E-state index contributed by atoms with van der Waals surface area (Å²) in [5, 5.41) is 5.53. The lowest BCUT2D eigenvalue weighted by molar-refractivity contribution is -0.123. The number of hydrogen-bond acceptors (Lipinski definition) is 3. The Morgan fingerprint density at radius 3 is 2.83 bits per heavy atom. The number of aromatic nitrogens is 1. The Kier molecular flexibility index (Phi) is 4.82. The molecule has 1 N–H and O–H groups in total. The van der Waals surface area contributed by atoms with E-state index >= 15 is 0 Å². The maximum absolute atomic E-state index is 11.8. The summed E-state index contributed by atoms with van der Waals surface area (Å²) in [6.45, 7) is -0.156. The van der Waals surface area contributed by atoms with Crippen LogP contribution in [0.4, 0.5) is 0 Å². The quantitative estimate of drug-likeness (QED) is 0.571. The van der Waals surface area contributed by atoms with Crippen molar-refractivity contribution in [1.29, 1.82) is 0 Å². The smallest absolute Gasteiger partial charge is 0.277 e. The number of para-hydroxylation sites is 2. The molecule has 1 aromatic heterocycles. The Bertz CT molecular complexity index is 902. The molecule has 122 valence electrons. The zero-order chi connectivity index (χ0) is 16.9. The Hall–Kier alpha value is -2.79. The molecule has 0 atom stereocenters. The van der Waals surface area contributed by atoms with Crippen molar-refractivity contribution >= 4 is 34.6 Å². The number of hydrazone groups is 1. The lowest BCUT2D eigenvalue weighted by Crippen LogP contribution is -2.24. The number of nitrogens with zero attached hydrogens (tertiary/aromatic N) is 2. The number of fused-ring (bicyclic) bond motifs is 1. The molecule has 0 fully saturated rings. The number of amides is 1. The molecule has 24 heavy (non-hydrogen) atoms. The van der Waals surface area contributed by atoms with Gasteiger partial charge in [0.2, 0.25) is 0 Å². The molecule has 6 heteroatoms. The standard InChI is InChI=1S/C18H16ClN3O2/c1-22-11-13(14-6-2-4-8-16(14)22)10-20-21-18(23)12-24-17-9-5-3-7-15(17)19/h2-11H,12H2,1H3,(H,21,23)/b20-10+. The van der Waals surface area contributed by atoms with Gasteiger partial charge in [0.1, 0.15) is 5.75 Å². The largest absolute Gasteiger partial charge is 0.482 e. The lowest BCUT2D eigenvalue weighted by Gasteiger charge is -2.06. The van der Waals surface area contributed by atoms with Crippen molar-refractivity contribution in [3.63, 3.8) is 0 Å². The van der Waals surface area contributed by atoms with E-state index < -0.39 is 0 Å². The van der Waals surface area contributed by atoms with Crippen LogP contribution < -0.4 is 10.2 Å². The second-order valence-corrected chi connectivity index (χ2v) is 5.63. The molecule has 5 nitrogen and oxygen atoms in total. The molecule has 2 aromatic carbocycles. The third-order valence-corrected chi connectivity index (χ3v) is 3.83. The molecule has 0 unspecified atom stereocenters. The highest BCUT2D eigenvalue weighted by molar-refractivity contribution is 6.32. The fraction of sp³-hybridized carbons (Fsp3) is 0.111. The van der Waals surface area contributed by atoms with Crippen molar-refractivity contribution in [2.24, 2.45) is 12.1 Å². The topological polar surface area (TPSA) is 55.6 Å². The molecular weight excluding hydrogens is 326 g/mol. The van der Waals surface area contributed by atoms with Gasteiger partial charge in [0.25, 0.3) is 5.91 Å². The van der Waals surface area contributed by atoms with Gasteiger partial charge < -0.3 is 9.30 Å². The summed E-state index contributed by atoms with van der Waals surface area (Å²) in [6, 6.07) is 15.0. The van der Waals surface area contributed by atoms with Crippen LogP contribution in [0.3, 0.4) is 0 Å². The van der Waals surface area contributed by atoms with Gasteiger partial charge in [-0.2, -0.15) is 5.10 Å². The van der Waals surface area contributed by atoms with E-state index in [0.717, 1.165) is 16.5 Å². The number of rotatable bonds is 5. The molecule has 0 aliphatic heterocycles. The molecule has 0 bridgehead atoms. The molecule has 1 heterocycles. The fourth-order valence-electron chi connectivity index (χ4n) is 2.39. The molecule has 1 amide bonds. The summed E-state index contributed by atoms with van der Waals surface area (Å²) in [5.41, 5.74) is 4.48. The Balaban J connectivity index is 1.59. The Morgan fingerprint density at radius 2 is 2.00 bits per heavy atom. The van der Waals surface area contributed by atoms with E-state index in [9.17, 15) is 4.79 Å².